The Hall–Kier alpha value is -0.150. The van der Waals surface area contributed by atoms with E-state index in [4.69, 9.17) is 4.74 Å². The van der Waals surface area contributed by atoms with Crippen molar-refractivity contribution in [1.82, 2.24) is 5.32 Å². The predicted octanol–water partition coefficient (Wildman–Crippen LogP) is 0.972. The fourth-order valence-electron chi connectivity index (χ4n) is 1.37. The average Bonchev–Trinajstić information content (AvgIpc) is 2.50. The number of hydrogen-bond donors (Lipinski definition) is 1. The van der Waals surface area contributed by atoms with Gasteiger partial charge in [0.1, 0.15) is 6.67 Å². The first-order chi connectivity index (χ1) is 5.43. The van der Waals surface area contributed by atoms with Gasteiger partial charge in [-0.25, -0.2) is 4.39 Å². The highest BCUT2D eigenvalue weighted by atomic mass is 19.1. The Bertz CT molecular complexity index is 94.1. The molecule has 0 saturated carbocycles. The van der Waals surface area contributed by atoms with Crippen LogP contribution in [0.4, 0.5) is 4.39 Å². The molecule has 2 nitrogen and oxygen atoms in total. The SMILES string of the molecule is FCCOCCC1CCNC1. The van der Waals surface area contributed by atoms with Gasteiger partial charge in [-0.3, -0.25) is 0 Å². The summed E-state index contributed by atoms with van der Waals surface area (Å²) in [5.74, 6) is 0.759. The highest BCUT2D eigenvalue weighted by Gasteiger charge is 2.13. The predicted molar refractivity (Wildman–Crippen MR) is 42.4 cm³/mol. The number of hydrogen-bond acceptors (Lipinski definition) is 2. The molecule has 1 unspecified atom stereocenters. The van der Waals surface area contributed by atoms with Crippen molar-refractivity contribution in [3.8, 4) is 0 Å². The molecule has 66 valence electrons. The second-order valence-corrected chi connectivity index (χ2v) is 2.95. The second kappa shape index (κ2) is 5.49. The molecule has 0 aromatic carbocycles. The second-order valence-electron chi connectivity index (χ2n) is 2.95. The van der Waals surface area contributed by atoms with Gasteiger partial charge >= 0.3 is 0 Å². The number of halogens is 1. The lowest BCUT2D eigenvalue weighted by atomic mass is 10.1. The fraction of sp³-hybridized carbons (Fsp3) is 1.00. The summed E-state index contributed by atoms with van der Waals surface area (Å²) in [7, 11) is 0. The zero-order chi connectivity index (χ0) is 7.94. The van der Waals surface area contributed by atoms with E-state index in [1.54, 1.807) is 0 Å². The quantitative estimate of drug-likeness (QED) is 0.607. The van der Waals surface area contributed by atoms with E-state index < -0.39 is 0 Å². The van der Waals surface area contributed by atoms with Gasteiger partial charge in [-0.15, -0.1) is 0 Å². The summed E-state index contributed by atoms with van der Waals surface area (Å²) in [5, 5.41) is 3.28. The molecule has 1 rings (SSSR count). The summed E-state index contributed by atoms with van der Waals surface area (Å²) in [6.45, 7) is 2.87. The first kappa shape index (κ1) is 8.94. The van der Waals surface area contributed by atoms with Crippen LogP contribution in [-0.4, -0.2) is 33.0 Å². The maximum absolute atomic E-state index is 11.6. The molecule has 0 aliphatic carbocycles. The minimum Gasteiger partial charge on any atom is -0.379 e. The van der Waals surface area contributed by atoms with Crippen molar-refractivity contribution in [2.45, 2.75) is 12.8 Å². The van der Waals surface area contributed by atoms with E-state index in [1.165, 1.54) is 6.42 Å². The lowest BCUT2D eigenvalue weighted by molar-refractivity contribution is 0.108. The monoisotopic (exact) mass is 161 g/mol. The van der Waals surface area contributed by atoms with Crippen molar-refractivity contribution >= 4 is 0 Å². The van der Waals surface area contributed by atoms with E-state index in [9.17, 15) is 4.39 Å². The molecule has 0 aromatic rings. The van der Waals surface area contributed by atoms with Crippen LogP contribution in [0.2, 0.25) is 0 Å². The van der Waals surface area contributed by atoms with Gasteiger partial charge in [-0.1, -0.05) is 0 Å². The highest BCUT2D eigenvalue weighted by molar-refractivity contribution is 4.70. The van der Waals surface area contributed by atoms with Gasteiger partial charge in [0, 0.05) is 6.61 Å². The van der Waals surface area contributed by atoms with E-state index >= 15 is 0 Å². The molecule has 0 bridgehead atoms. The fourth-order valence-corrected chi connectivity index (χ4v) is 1.37. The Labute approximate surface area is 67.1 Å². The van der Waals surface area contributed by atoms with Gasteiger partial charge in [0.05, 0.1) is 6.61 Å². The average molecular weight is 161 g/mol. The molecule has 1 fully saturated rings. The van der Waals surface area contributed by atoms with Crippen LogP contribution < -0.4 is 5.32 Å². The first-order valence-corrected chi connectivity index (χ1v) is 4.28. The Morgan fingerprint density at radius 1 is 1.45 bits per heavy atom. The normalized spacial score (nSPS) is 24.3. The van der Waals surface area contributed by atoms with Crippen LogP contribution in [0.1, 0.15) is 12.8 Å². The lowest BCUT2D eigenvalue weighted by Gasteiger charge is -2.06. The van der Waals surface area contributed by atoms with E-state index in [0.717, 1.165) is 32.0 Å². The van der Waals surface area contributed by atoms with E-state index in [1.807, 2.05) is 0 Å². The number of rotatable bonds is 5. The Kier molecular flexibility index (Phi) is 4.47. The van der Waals surface area contributed by atoms with Crippen LogP contribution in [0.5, 0.6) is 0 Å². The summed E-state index contributed by atoms with van der Waals surface area (Å²) in [6, 6.07) is 0. The molecule has 1 aliphatic rings. The van der Waals surface area contributed by atoms with Crippen LogP contribution >= 0.6 is 0 Å². The standard InChI is InChI=1S/C8H16FNO/c9-3-6-11-5-2-8-1-4-10-7-8/h8,10H,1-7H2. The largest absolute Gasteiger partial charge is 0.379 e. The van der Waals surface area contributed by atoms with Crippen molar-refractivity contribution in [2.24, 2.45) is 5.92 Å². The van der Waals surface area contributed by atoms with Gasteiger partial charge < -0.3 is 10.1 Å². The molecule has 11 heavy (non-hydrogen) atoms. The lowest BCUT2D eigenvalue weighted by Crippen LogP contribution is -2.11. The number of nitrogens with one attached hydrogen (secondary N) is 1. The molecule has 3 heteroatoms. The molecule has 1 saturated heterocycles. The molecular weight excluding hydrogens is 145 g/mol. The molecule has 1 aliphatic heterocycles. The summed E-state index contributed by atoms with van der Waals surface area (Å²) in [4.78, 5) is 0. The molecule has 0 radical (unpaired) electrons. The van der Waals surface area contributed by atoms with Crippen LogP contribution in [0.15, 0.2) is 0 Å². The molecule has 0 spiro atoms. The third-order valence-corrected chi connectivity index (χ3v) is 2.05. The zero-order valence-corrected chi connectivity index (χ0v) is 6.81. The highest BCUT2D eigenvalue weighted by Crippen LogP contribution is 2.11. The van der Waals surface area contributed by atoms with Gasteiger partial charge in [-0.05, 0) is 31.8 Å². The maximum Gasteiger partial charge on any atom is 0.113 e. The molecule has 0 amide bonds. The third kappa shape index (κ3) is 3.68. The Morgan fingerprint density at radius 2 is 2.36 bits per heavy atom. The zero-order valence-electron chi connectivity index (χ0n) is 6.81. The summed E-state index contributed by atoms with van der Waals surface area (Å²) in [6.07, 6.45) is 2.33. The van der Waals surface area contributed by atoms with Crippen LogP contribution in [0, 0.1) is 5.92 Å². The van der Waals surface area contributed by atoms with Gasteiger partial charge in [0.15, 0.2) is 0 Å². The van der Waals surface area contributed by atoms with Crippen LogP contribution in [0.3, 0.4) is 0 Å². The Morgan fingerprint density at radius 3 is 3.00 bits per heavy atom. The molecule has 1 N–H and O–H groups in total. The van der Waals surface area contributed by atoms with Gasteiger partial charge in [0.25, 0.3) is 0 Å². The molecule has 1 atom stereocenters. The topological polar surface area (TPSA) is 21.3 Å². The maximum atomic E-state index is 11.6. The molecule has 1 heterocycles. The minimum atomic E-state index is -0.358. The summed E-state index contributed by atoms with van der Waals surface area (Å²) < 4.78 is 16.6. The van der Waals surface area contributed by atoms with Crippen LogP contribution in [0.25, 0.3) is 0 Å². The van der Waals surface area contributed by atoms with Crippen LogP contribution in [-0.2, 0) is 4.74 Å². The number of alkyl halides is 1. The smallest absolute Gasteiger partial charge is 0.113 e. The summed E-state index contributed by atoms with van der Waals surface area (Å²) >= 11 is 0. The molecule has 0 aromatic heterocycles. The summed E-state index contributed by atoms with van der Waals surface area (Å²) in [5.41, 5.74) is 0. The minimum absolute atomic E-state index is 0.264. The van der Waals surface area contributed by atoms with Crippen molar-refractivity contribution < 1.29 is 9.13 Å². The Balaban J connectivity index is 1.86. The molecular formula is C8H16FNO. The van der Waals surface area contributed by atoms with Gasteiger partial charge in [-0.2, -0.15) is 0 Å². The van der Waals surface area contributed by atoms with Gasteiger partial charge in [0.2, 0.25) is 0 Å². The van der Waals surface area contributed by atoms with E-state index in [0.29, 0.717) is 0 Å². The number of ether oxygens (including phenoxy) is 1. The third-order valence-electron chi connectivity index (χ3n) is 2.05. The van der Waals surface area contributed by atoms with Crippen molar-refractivity contribution in [2.75, 3.05) is 33.0 Å². The van der Waals surface area contributed by atoms with E-state index in [2.05, 4.69) is 5.32 Å². The van der Waals surface area contributed by atoms with Crippen molar-refractivity contribution in [3.63, 3.8) is 0 Å². The first-order valence-electron chi connectivity index (χ1n) is 4.28. The van der Waals surface area contributed by atoms with Crippen molar-refractivity contribution in [3.05, 3.63) is 0 Å². The van der Waals surface area contributed by atoms with E-state index in [-0.39, 0.29) is 13.3 Å². The van der Waals surface area contributed by atoms with Crippen molar-refractivity contribution in [1.29, 1.82) is 0 Å².